The van der Waals surface area contributed by atoms with Crippen LogP contribution in [0.25, 0.3) is 11.1 Å². The van der Waals surface area contributed by atoms with Gasteiger partial charge in [0.1, 0.15) is 0 Å². The summed E-state index contributed by atoms with van der Waals surface area (Å²) in [7, 11) is 0. The van der Waals surface area contributed by atoms with E-state index in [-0.39, 0.29) is 41.1 Å². The summed E-state index contributed by atoms with van der Waals surface area (Å²) in [4.78, 5) is 0. The Morgan fingerprint density at radius 2 is 1.17 bits per heavy atom. The molecular weight excluding hydrogens is 691 g/mol. The van der Waals surface area contributed by atoms with Gasteiger partial charge in [-0.1, -0.05) is 0 Å². The quantitative estimate of drug-likeness (QED) is 0.243. The molecule has 0 fully saturated rings. The molecular formula is C44H50Cl2Zr. The maximum Gasteiger partial charge on any atom is -1.00 e. The molecule has 0 atom stereocenters. The van der Waals surface area contributed by atoms with Gasteiger partial charge in [-0.2, -0.15) is 0 Å². The standard InChI is InChI=1S/C21H25.C13H10.C10H15.2ClH.Zr/c1-20(2,3)16-7-9-18-14(12-16)11-15-13-17(21(4,5)6)8-10-19(15)18;1-3-7-12(8-4-1)11-13-9-5-2-6-10-13;1-8-5-6-9(7-8)10(2,3)4;;;/h7-10,12H,11H2,1-6H3;1-10H;6H,5H2,1-4H3;2*1H;/q;;;;;+2/p-2. The summed E-state index contributed by atoms with van der Waals surface area (Å²) in [6.07, 6.45) is 4.66. The molecule has 0 saturated carbocycles. The summed E-state index contributed by atoms with van der Waals surface area (Å²) in [5.41, 5.74) is 15.2. The van der Waals surface area contributed by atoms with Crippen LogP contribution in [-0.4, -0.2) is 3.21 Å². The predicted octanol–water partition coefficient (Wildman–Crippen LogP) is 5.02. The van der Waals surface area contributed by atoms with Crippen molar-refractivity contribution in [2.45, 2.75) is 92.9 Å². The second kappa shape index (κ2) is 13.9. The number of halogens is 2. The molecule has 4 aromatic carbocycles. The van der Waals surface area contributed by atoms with Crippen molar-refractivity contribution in [2.24, 2.45) is 5.41 Å². The van der Waals surface area contributed by atoms with Gasteiger partial charge < -0.3 is 24.8 Å². The van der Waals surface area contributed by atoms with Gasteiger partial charge >= 0.3 is 282 Å². The van der Waals surface area contributed by atoms with Crippen LogP contribution in [0.5, 0.6) is 0 Å². The van der Waals surface area contributed by atoms with E-state index in [9.17, 15) is 0 Å². The minimum absolute atomic E-state index is 0. The Kier molecular flexibility index (Phi) is 11.1. The van der Waals surface area contributed by atoms with E-state index in [2.05, 4.69) is 166 Å². The van der Waals surface area contributed by atoms with Crippen molar-refractivity contribution < 1.29 is 46.1 Å². The third-order valence-corrected chi connectivity index (χ3v) is 18.0. The zero-order valence-corrected chi connectivity index (χ0v) is 33.9. The first kappa shape index (κ1) is 37.5. The van der Waals surface area contributed by atoms with Crippen LogP contribution in [0.3, 0.4) is 0 Å². The molecule has 0 aromatic heterocycles. The minimum Gasteiger partial charge on any atom is -1.00 e. The van der Waals surface area contributed by atoms with Gasteiger partial charge in [-0.15, -0.1) is 0 Å². The molecule has 0 nitrogen and oxygen atoms in total. The van der Waals surface area contributed by atoms with Gasteiger partial charge in [0, 0.05) is 0 Å². The summed E-state index contributed by atoms with van der Waals surface area (Å²) in [6.45, 7) is 24.0. The Morgan fingerprint density at radius 1 is 0.617 bits per heavy atom. The molecule has 0 saturated heterocycles. The second-order valence-corrected chi connectivity index (χ2v) is 21.8. The van der Waals surface area contributed by atoms with Crippen molar-refractivity contribution in [3.63, 3.8) is 0 Å². The molecule has 4 aromatic rings. The first-order valence-corrected chi connectivity index (χ1v) is 20.4. The normalized spacial score (nSPS) is 13.9. The van der Waals surface area contributed by atoms with Crippen LogP contribution in [0.15, 0.2) is 111 Å². The van der Waals surface area contributed by atoms with E-state index in [0.717, 1.165) is 12.8 Å². The molecule has 0 amide bonds. The van der Waals surface area contributed by atoms with Gasteiger partial charge in [0.25, 0.3) is 0 Å². The summed E-state index contributed by atoms with van der Waals surface area (Å²) in [5.74, 6) is 0. The number of benzene rings is 4. The molecule has 0 heterocycles. The van der Waals surface area contributed by atoms with Gasteiger partial charge in [-0.05, 0) is 0 Å². The van der Waals surface area contributed by atoms with Crippen LogP contribution in [-0.2, 0) is 38.5 Å². The largest absolute Gasteiger partial charge is 1.00 e. The van der Waals surface area contributed by atoms with Crippen molar-refractivity contribution in [1.82, 2.24) is 0 Å². The maximum absolute atomic E-state index is 2.96. The fourth-order valence-electron chi connectivity index (χ4n) is 7.41. The Labute approximate surface area is 304 Å². The topological polar surface area (TPSA) is 0 Å². The van der Waals surface area contributed by atoms with Crippen LogP contribution in [0.1, 0.15) is 109 Å². The van der Waals surface area contributed by atoms with E-state index in [1.807, 2.05) is 0 Å². The Balaban J connectivity index is 0.00000250. The Morgan fingerprint density at radius 3 is 1.68 bits per heavy atom. The molecule has 0 N–H and O–H groups in total. The monoisotopic (exact) mass is 738 g/mol. The maximum atomic E-state index is 2.57. The van der Waals surface area contributed by atoms with Crippen molar-refractivity contribution >= 4 is 6.48 Å². The average Bonchev–Trinajstić information content (AvgIpc) is 3.55. The molecule has 0 unspecified atom stereocenters. The van der Waals surface area contributed by atoms with Crippen LogP contribution in [0.4, 0.5) is 0 Å². The predicted molar refractivity (Wildman–Crippen MR) is 193 cm³/mol. The third-order valence-electron chi connectivity index (χ3n) is 9.74. The molecule has 47 heavy (non-hydrogen) atoms. The van der Waals surface area contributed by atoms with Gasteiger partial charge in [0.05, 0.1) is 0 Å². The molecule has 244 valence electrons. The molecule has 2 aliphatic rings. The van der Waals surface area contributed by atoms with Crippen LogP contribution in [0.2, 0.25) is 0 Å². The number of fused-ring (bicyclic) bond motifs is 3. The smallest absolute Gasteiger partial charge is 1.00 e. The molecule has 3 heteroatoms. The Hall–Kier alpha value is -2.31. The molecule has 0 spiro atoms. The summed E-state index contributed by atoms with van der Waals surface area (Å²) in [6, 6.07) is 35.1. The fourth-order valence-corrected chi connectivity index (χ4v) is 17.7. The number of rotatable bonds is 4. The number of hydrogen-bond donors (Lipinski definition) is 0. The van der Waals surface area contributed by atoms with Crippen molar-refractivity contribution in [3.8, 4) is 11.1 Å². The molecule has 0 bridgehead atoms. The third kappa shape index (κ3) is 7.20. The summed E-state index contributed by atoms with van der Waals surface area (Å²) < 4.78 is 5.04. The van der Waals surface area contributed by atoms with E-state index >= 15 is 0 Å². The van der Waals surface area contributed by atoms with E-state index in [1.165, 1.54) is 33.4 Å². The molecule has 0 radical (unpaired) electrons. The van der Waals surface area contributed by atoms with Crippen molar-refractivity contribution in [1.29, 1.82) is 0 Å². The fraction of sp³-hybridized carbons (Fsp3) is 0.341. The molecule has 2 aliphatic carbocycles. The van der Waals surface area contributed by atoms with E-state index in [4.69, 9.17) is 0 Å². The summed E-state index contributed by atoms with van der Waals surface area (Å²) in [5, 5.41) is 0. The summed E-state index contributed by atoms with van der Waals surface area (Å²) >= 11 is -2.96. The van der Waals surface area contributed by atoms with Gasteiger partial charge in [0.15, 0.2) is 0 Å². The number of allylic oxidation sites excluding steroid dienone is 4. The van der Waals surface area contributed by atoms with Crippen LogP contribution < -0.4 is 28.1 Å². The van der Waals surface area contributed by atoms with Crippen molar-refractivity contribution in [2.75, 3.05) is 0 Å². The molecule has 6 rings (SSSR count). The Bertz CT molecular complexity index is 1830. The zero-order valence-electron chi connectivity index (χ0n) is 29.9. The molecule has 0 aliphatic heterocycles. The average molecular weight is 741 g/mol. The van der Waals surface area contributed by atoms with Crippen molar-refractivity contribution in [3.05, 3.63) is 145 Å². The van der Waals surface area contributed by atoms with E-state index in [1.54, 1.807) is 32.0 Å². The zero-order chi connectivity index (χ0) is 32.3. The van der Waals surface area contributed by atoms with Gasteiger partial charge in [-0.25, -0.2) is 0 Å². The minimum atomic E-state index is -2.96. The second-order valence-electron chi connectivity index (χ2n) is 16.3. The first-order chi connectivity index (χ1) is 21.2. The van der Waals surface area contributed by atoms with Gasteiger partial charge in [-0.3, -0.25) is 0 Å². The van der Waals surface area contributed by atoms with E-state index < -0.39 is 21.3 Å². The van der Waals surface area contributed by atoms with Crippen LogP contribution in [0, 0.1) is 5.41 Å². The first-order valence-electron chi connectivity index (χ1n) is 16.7. The van der Waals surface area contributed by atoms with Crippen LogP contribution >= 0.6 is 0 Å². The SMILES string of the molecule is CC1=[C]([Zr+2](=[C](c2ccccc2)c2ccccc2)[c]2c(C(C)(C)C)ccc3c2Cc2cc(C(C)(C)C)ccc2-3)C(C(C)(C)C)=CC1.[Cl-].[Cl-]. The van der Waals surface area contributed by atoms with Gasteiger partial charge in [0.2, 0.25) is 0 Å². The van der Waals surface area contributed by atoms with E-state index in [0.29, 0.717) is 0 Å². The number of hydrogen-bond acceptors (Lipinski definition) is 0.